The van der Waals surface area contributed by atoms with E-state index < -0.39 is 11.9 Å². The van der Waals surface area contributed by atoms with Gasteiger partial charge in [0.05, 0.1) is 13.2 Å². The van der Waals surface area contributed by atoms with Gasteiger partial charge in [0, 0.05) is 6.42 Å². The first-order chi connectivity index (χ1) is 6.08. The smallest absolute Gasteiger partial charge is 0.166 e. The maximum atomic E-state index is 11.3. The van der Waals surface area contributed by atoms with Crippen molar-refractivity contribution in [3.63, 3.8) is 0 Å². The molecular formula is C9H14O4. The fraction of sp³-hybridized carbons (Fsp3) is 0.889. The second-order valence-electron chi connectivity index (χ2n) is 3.87. The molecule has 74 valence electrons. The van der Waals surface area contributed by atoms with Crippen LogP contribution < -0.4 is 0 Å². The summed E-state index contributed by atoms with van der Waals surface area (Å²) in [4.78, 5) is 11.3. The fourth-order valence-corrected chi connectivity index (χ4v) is 1.70. The monoisotopic (exact) mass is 186 g/mol. The highest BCUT2D eigenvalue weighted by Gasteiger charge is 2.42. The maximum absolute atomic E-state index is 11.3. The lowest BCUT2D eigenvalue weighted by atomic mass is 10.1. The summed E-state index contributed by atoms with van der Waals surface area (Å²) in [7, 11) is 0. The largest absolute Gasteiger partial charge is 0.367 e. The number of hydrogen-bond donors (Lipinski definition) is 0. The van der Waals surface area contributed by atoms with Crippen molar-refractivity contribution in [2.24, 2.45) is 0 Å². The van der Waals surface area contributed by atoms with Gasteiger partial charge in [0.25, 0.3) is 0 Å². The minimum atomic E-state index is -0.573. The molecule has 0 aromatic carbocycles. The standard InChI is InChI=1S/C9H14O4/c1-9(2)12-5-7(13-9)8-6(10)3-4-11-8/h7-8H,3-5H2,1-2H3. The van der Waals surface area contributed by atoms with E-state index in [1.165, 1.54) is 0 Å². The predicted octanol–water partition coefficient (Wildman–Crippen LogP) is 0.496. The molecule has 2 rings (SSSR count). The van der Waals surface area contributed by atoms with E-state index in [2.05, 4.69) is 0 Å². The number of carbonyl (C=O) groups is 1. The summed E-state index contributed by atoms with van der Waals surface area (Å²) in [6.07, 6.45) is -0.114. The zero-order valence-corrected chi connectivity index (χ0v) is 7.91. The molecule has 2 fully saturated rings. The van der Waals surface area contributed by atoms with Crippen molar-refractivity contribution in [3.05, 3.63) is 0 Å². The molecule has 2 aliphatic rings. The van der Waals surface area contributed by atoms with Crippen molar-refractivity contribution in [3.8, 4) is 0 Å². The van der Waals surface area contributed by atoms with Crippen LogP contribution in [0.5, 0.6) is 0 Å². The molecule has 0 aliphatic carbocycles. The molecular weight excluding hydrogens is 172 g/mol. The predicted molar refractivity (Wildman–Crippen MR) is 44.3 cm³/mol. The van der Waals surface area contributed by atoms with Crippen LogP contribution in [-0.2, 0) is 19.0 Å². The zero-order valence-electron chi connectivity index (χ0n) is 7.91. The number of hydrogen-bond acceptors (Lipinski definition) is 4. The molecule has 2 atom stereocenters. The lowest BCUT2D eigenvalue weighted by Crippen LogP contribution is -2.34. The number of Topliss-reactive ketones (excluding diaryl/α,β-unsaturated/α-hetero) is 1. The van der Waals surface area contributed by atoms with E-state index in [1.54, 1.807) is 0 Å². The summed E-state index contributed by atoms with van der Waals surface area (Å²) in [6, 6.07) is 0. The normalized spacial score (nSPS) is 38.5. The highest BCUT2D eigenvalue weighted by Crippen LogP contribution is 2.27. The quantitative estimate of drug-likeness (QED) is 0.598. The molecule has 0 radical (unpaired) electrons. The third kappa shape index (κ3) is 1.75. The van der Waals surface area contributed by atoms with Gasteiger partial charge in [-0.3, -0.25) is 4.79 Å². The van der Waals surface area contributed by atoms with Crippen LogP contribution in [0.1, 0.15) is 20.3 Å². The van der Waals surface area contributed by atoms with Crippen LogP contribution in [0.3, 0.4) is 0 Å². The maximum Gasteiger partial charge on any atom is 0.166 e. The molecule has 0 aromatic heterocycles. The third-order valence-corrected chi connectivity index (χ3v) is 2.33. The van der Waals surface area contributed by atoms with E-state index in [9.17, 15) is 4.79 Å². The summed E-state index contributed by atoms with van der Waals surface area (Å²) in [5.74, 6) is -0.442. The lowest BCUT2D eigenvalue weighted by Gasteiger charge is -2.19. The van der Waals surface area contributed by atoms with E-state index in [1.807, 2.05) is 13.8 Å². The number of ketones is 1. The summed E-state index contributed by atoms with van der Waals surface area (Å²) in [6.45, 7) is 4.64. The average molecular weight is 186 g/mol. The van der Waals surface area contributed by atoms with E-state index >= 15 is 0 Å². The molecule has 2 unspecified atom stereocenters. The molecule has 0 N–H and O–H groups in total. The molecule has 2 saturated heterocycles. The van der Waals surface area contributed by atoms with Gasteiger partial charge in [-0.1, -0.05) is 0 Å². The lowest BCUT2D eigenvalue weighted by molar-refractivity contribution is -0.156. The summed E-state index contributed by atoms with van der Waals surface area (Å²) in [5, 5.41) is 0. The Hall–Kier alpha value is -0.450. The van der Waals surface area contributed by atoms with E-state index in [0.29, 0.717) is 19.6 Å². The van der Waals surface area contributed by atoms with Crippen molar-refractivity contribution in [1.29, 1.82) is 0 Å². The van der Waals surface area contributed by atoms with Crippen LogP contribution >= 0.6 is 0 Å². The number of rotatable bonds is 1. The van der Waals surface area contributed by atoms with E-state index in [4.69, 9.17) is 14.2 Å². The molecule has 4 nitrogen and oxygen atoms in total. The summed E-state index contributed by atoms with van der Waals surface area (Å²) in [5.41, 5.74) is 0. The van der Waals surface area contributed by atoms with Crippen molar-refractivity contribution >= 4 is 5.78 Å². The van der Waals surface area contributed by atoms with Crippen LogP contribution in [0, 0.1) is 0 Å². The first-order valence-corrected chi connectivity index (χ1v) is 4.54. The number of ether oxygens (including phenoxy) is 3. The highest BCUT2D eigenvalue weighted by atomic mass is 16.7. The Morgan fingerprint density at radius 2 is 2.23 bits per heavy atom. The van der Waals surface area contributed by atoms with Crippen molar-refractivity contribution in [1.82, 2.24) is 0 Å². The minimum absolute atomic E-state index is 0.131. The SMILES string of the molecule is CC1(C)OCC(C2OCCC2=O)O1. The fourth-order valence-electron chi connectivity index (χ4n) is 1.70. The van der Waals surface area contributed by atoms with Crippen molar-refractivity contribution < 1.29 is 19.0 Å². The van der Waals surface area contributed by atoms with Gasteiger partial charge in [-0.15, -0.1) is 0 Å². The van der Waals surface area contributed by atoms with E-state index in [0.717, 1.165) is 0 Å². The van der Waals surface area contributed by atoms with Crippen LogP contribution in [0.25, 0.3) is 0 Å². The van der Waals surface area contributed by atoms with Gasteiger partial charge < -0.3 is 14.2 Å². The molecule has 4 heteroatoms. The Morgan fingerprint density at radius 3 is 2.69 bits per heavy atom. The number of carbonyl (C=O) groups excluding carboxylic acids is 1. The van der Waals surface area contributed by atoms with Gasteiger partial charge in [0.1, 0.15) is 12.2 Å². The first kappa shape index (κ1) is 9.12. The molecule has 0 bridgehead atoms. The second-order valence-corrected chi connectivity index (χ2v) is 3.87. The molecule has 0 saturated carbocycles. The van der Waals surface area contributed by atoms with Crippen LogP contribution in [0.15, 0.2) is 0 Å². The van der Waals surface area contributed by atoms with Gasteiger partial charge in [0.2, 0.25) is 0 Å². The summed E-state index contributed by atoms with van der Waals surface area (Å²) >= 11 is 0. The van der Waals surface area contributed by atoms with Crippen LogP contribution in [-0.4, -0.2) is 37.0 Å². The molecule has 0 aromatic rings. The molecule has 2 heterocycles. The van der Waals surface area contributed by atoms with Gasteiger partial charge in [0.15, 0.2) is 11.6 Å². The zero-order chi connectivity index (χ0) is 9.47. The Morgan fingerprint density at radius 1 is 1.46 bits per heavy atom. The molecule has 0 spiro atoms. The highest BCUT2D eigenvalue weighted by molar-refractivity contribution is 5.85. The molecule has 2 aliphatic heterocycles. The van der Waals surface area contributed by atoms with Crippen LogP contribution in [0.4, 0.5) is 0 Å². The second kappa shape index (κ2) is 3.04. The van der Waals surface area contributed by atoms with Crippen molar-refractivity contribution in [2.75, 3.05) is 13.2 Å². The molecule has 13 heavy (non-hydrogen) atoms. The van der Waals surface area contributed by atoms with Gasteiger partial charge in [-0.2, -0.15) is 0 Å². The van der Waals surface area contributed by atoms with Crippen molar-refractivity contribution in [2.45, 2.75) is 38.3 Å². The topological polar surface area (TPSA) is 44.8 Å². The van der Waals surface area contributed by atoms with Gasteiger partial charge >= 0.3 is 0 Å². The summed E-state index contributed by atoms with van der Waals surface area (Å²) < 4.78 is 16.2. The Bertz CT molecular complexity index is 224. The first-order valence-electron chi connectivity index (χ1n) is 4.54. The molecule has 0 amide bonds. The Labute approximate surface area is 77.1 Å². The minimum Gasteiger partial charge on any atom is -0.367 e. The third-order valence-electron chi connectivity index (χ3n) is 2.33. The van der Waals surface area contributed by atoms with Gasteiger partial charge in [-0.25, -0.2) is 0 Å². The average Bonchev–Trinajstić information content (AvgIpc) is 2.56. The van der Waals surface area contributed by atoms with Gasteiger partial charge in [-0.05, 0) is 13.8 Å². The Kier molecular flexibility index (Phi) is 2.14. The van der Waals surface area contributed by atoms with E-state index in [-0.39, 0.29) is 11.9 Å². The van der Waals surface area contributed by atoms with Crippen LogP contribution in [0.2, 0.25) is 0 Å². The Balaban J connectivity index is 1.99.